The summed E-state index contributed by atoms with van der Waals surface area (Å²) in [6.45, 7) is 26.1. The van der Waals surface area contributed by atoms with E-state index in [2.05, 4.69) is 82.2 Å². The number of pyridine rings is 3. The van der Waals surface area contributed by atoms with Crippen molar-refractivity contribution in [2.24, 2.45) is 0 Å². The van der Waals surface area contributed by atoms with Crippen molar-refractivity contribution in [1.82, 2.24) is 9.97 Å². The summed E-state index contributed by atoms with van der Waals surface area (Å²) in [5.74, 6) is 0. The molecule has 0 saturated heterocycles. The molecular weight excluding hydrogens is 832 g/mol. The van der Waals surface area contributed by atoms with Crippen molar-refractivity contribution in [3.05, 3.63) is 115 Å². The van der Waals surface area contributed by atoms with Crippen LogP contribution in [0.1, 0.15) is 17.1 Å². The van der Waals surface area contributed by atoms with Gasteiger partial charge in [-0.2, -0.15) is 0 Å². The van der Waals surface area contributed by atoms with Gasteiger partial charge in [0.15, 0.2) is 6.20 Å². The molecule has 0 fully saturated rings. The molecule has 0 bridgehead atoms. The first-order valence-corrected chi connectivity index (χ1v) is 22.6. The molecule has 0 aliphatic rings. The van der Waals surface area contributed by atoms with E-state index >= 15 is 0 Å². The van der Waals surface area contributed by atoms with Gasteiger partial charge in [-0.05, 0) is 77.8 Å². The molecule has 0 aliphatic heterocycles. The molecule has 0 amide bonds. The van der Waals surface area contributed by atoms with Crippen LogP contribution in [0.3, 0.4) is 0 Å². The number of hydrogen-bond acceptors (Lipinski definition) is 2. The van der Waals surface area contributed by atoms with E-state index < -0.39 is 7.81 Å². The average molecular weight is 875 g/mol. The van der Waals surface area contributed by atoms with Crippen LogP contribution in [0.2, 0.25) is 0 Å². The van der Waals surface area contributed by atoms with Crippen LogP contribution < -0.4 is 4.57 Å². The van der Waals surface area contributed by atoms with Gasteiger partial charge < -0.3 is 14.5 Å². The SMILES string of the molecule is CP(C)C.CP(C)C.CP(C)C.F[P-](F)(F)(F)(F)F.[CH-]=C(C=[C-]c1cccc[n+]1[C-]=Cc1ccccn1)c1ccccn1.[Ir+3]. The smallest absolute Gasteiger partial charge is 0.333 e. The molecule has 3 nitrogen and oxygen atoms in total. The van der Waals surface area contributed by atoms with E-state index in [1.807, 2.05) is 71.4 Å². The first kappa shape index (κ1) is 47.0. The van der Waals surface area contributed by atoms with E-state index in [1.165, 1.54) is 0 Å². The molecular formula is C30H42F6IrN3P4. The third-order valence-corrected chi connectivity index (χ3v) is 3.24. The van der Waals surface area contributed by atoms with Gasteiger partial charge in [0.05, 0.1) is 6.20 Å². The predicted octanol–water partition coefficient (Wildman–Crippen LogP) is 10.8. The van der Waals surface area contributed by atoms with Crippen LogP contribution in [0.25, 0.3) is 11.6 Å². The maximum Gasteiger partial charge on any atom is 3.00 e. The summed E-state index contributed by atoms with van der Waals surface area (Å²) in [6, 6.07) is 17.1. The maximum absolute atomic E-state index is 10.7. The molecule has 44 heavy (non-hydrogen) atoms. The van der Waals surface area contributed by atoms with Crippen molar-refractivity contribution in [2.45, 2.75) is 0 Å². The zero-order valence-electron chi connectivity index (χ0n) is 26.4. The topological polar surface area (TPSA) is 29.7 Å². The third kappa shape index (κ3) is 40.6. The zero-order valence-corrected chi connectivity index (χ0v) is 32.4. The Hall–Kier alpha value is -1.38. The Balaban J connectivity index is -0.000000692. The van der Waals surface area contributed by atoms with Crippen molar-refractivity contribution < 1.29 is 49.9 Å². The second-order valence-electron chi connectivity index (χ2n) is 9.93. The van der Waals surface area contributed by atoms with Gasteiger partial charge in [0, 0.05) is 18.1 Å². The third-order valence-electron chi connectivity index (χ3n) is 3.24. The number of rotatable bonds is 5. The monoisotopic (exact) mass is 875 g/mol. The first-order valence-electron chi connectivity index (χ1n) is 12.5. The molecule has 0 saturated carbocycles. The van der Waals surface area contributed by atoms with Crippen molar-refractivity contribution in [2.75, 3.05) is 60.0 Å². The zero-order chi connectivity index (χ0) is 33.8. The Kier molecular flexibility index (Phi) is 23.7. The summed E-state index contributed by atoms with van der Waals surface area (Å²) >= 11 is 0. The Morgan fingerprint density at radius 3 is 1.57 bits per heavy atom. The van der Waals surface area contributed by atoms with Gasteiger partial charge in [0.1, 0.15) is 0 Å². The van der Waals surface area contributed by atoms with Crippen LogP contribution in [0.5, 0.6) is 0 Å². The molecule has 248 valence electrons. The minimum atomic E-state index is -10.7. The normalized spacial score (nSPS) is 12.2. The van der Waals surface area contributed by atoms with Gasteiger partial charge in [-0.1, -0.05) is 36.0 Å². The summed E-state index contributed by atoms with van der Waals surface area (Å²) in [4.78, 5) is 8.46. The summed E-state index contributed by atoms with van der Waals surface area (Å²) in [5.41, 5.74) is 2.94. The molecule has 0 aromatic carbocycles. The number of aromatic nitrogens is 3. The van der Waals surface area contributed by atoms with Crippen molar-refractivity contribution >= 4 is 43.2 Å². The summed E-state index contributed by atoms with van der Waals surface area (Å²) < 4.78 is 61.0. The van der Waals surface area contributed by atoms with E-state index in [1.54, 1.807) is 18.5 Å². The second kappa shape index (κ2) is 22.2. The Morgan fingerprint density at radius 1 is 0.727 bits per heavy atom. The molecule has 3 rings (SSSR count). The van der Waals surface area contributed by atoms with E-state index in [4.69, 9.17) is 6.58 Å². The second-order valence-corrected chi connectivity index (χ2v) is 19.9. The Labute approximate surface area is 277 Å². The van der Waals surface area contributed by atoms with Crippen LogP contribution in [-0.2, 0) is 20.1 Å². The fourth-order valence-corrected chi connectivity index (χ4v) is 2.03. The number of nitrogens with zero attached hydrogens (tertiary/aromatic N) is 3. The van der Waals surface area contributed by atoms with E-state index in [0.29, 0.717) is 29.3 Å². The largest absolute Gasteiger partial charge is 3.00 e. The van der Waals surface area contributed by atoms with Gasteiger partial charge in [-0.3, -0.25) is 18.2 Å². The molecule has 3 heterocycles. The minimum absolute atomic E-state index is 0. The van der Waals surface area contributed by atoms with Crippen molar-refractivity contribution in [3.8, 4) is 0 Å². The molecule has 0 unspecified atom stereocenters. The molecule has 0 N–H and O–H groups in total. The number of hydrogen-bond donors (Lipinski definition) is 0. The van der Waals surface area contributed by atoms with Crippen LogP contribution in [0, 0.1) is 18.9 Å². The fourth-order valence-electron chi connectivity index (χ4n) is 2.03. The van der Waals surface area contributed by atoms with E-state index in [9.17, 15) is 25.2 Å². The van der Waals surface area contributed by atoms with Crippen LogP contribution >= 0.6 is 31.6 Å². The van der Waals surface area contributed by atoms with Gasteiger partial charge >= 0.3 is 53.1 Å². The summed E-state index contributed by atoms with van der Waals surface area (Å²) in [5, 5.41) is 0. The first-order chi connectivity index (χ1) is 19.5. The molecule has 3 aromatic rings. The van der Waals surface area contributed by atoms with E-state index in [0.717, 1.165) is 17.1 Å². The van der Waals surface area contributed by atoms with Gasteiger partial charge in [-0.25, -0.2) is 6.08 Å². The molecule has 0 aliphatic carbocycles. The summed E-state index contributed by atoms with van der Waals surface area (Å²) in [7, 11) is -9.52. The molecule has 0 atom stereocenters. The van der Waals surface area contributed by atoms with Crippen molar-refractivity contribution in [1.29, 1.82) is 0 Å². The summed E-state index contributed by atoms with van der Waals surface area (Å²) in [6.07, 6.45) is 15.2. The molecule has 0 radical (unpaired) electrons. The standard InChI is InChI=1S/C21H15N3.3C3H9P.F6P.Ir/c1-18(21-10-3-6-15-23-21)11-12-20-9-4-7-16-24(20)17-13-19-8-2-5-14-22-19;3*1-4(2)3;1-7(2,3,4,5)6;/h1-11,13-16H;3*1-3H3;;/q-2;;;;-1;+3. The molecule has 0 spiro atoms. The Morgan fingerprint density at radius 2 is 1.16 bits per heavy atom. The minimum Gasteiger partial charge on any atom is -0.333 e. The molecule has 3 aromatic heterocycles. The molecule has 14 heteroatoms. The number of allylic oxidation sites excluding steroid dienone is 2. The van der Waals surface area contributed by atoms with Crippen molar-refractivity contribution in [3.63, 3.8) is 0 Å². The fraction of sp³-hybridized carbons (Fsp3) is 0.300. The van der Waals surface area contributed by atoms with Gasteiger partial charge in [0.2, 0.25) is 0 Å². The average Bonchev–Trinajstić information content (AvgIpc) is 2.85. The van der Waals surface area contributed by atoms with Crippen LogP contribution in [0.4, 0.5) is 25.2 Å². The quantitative estimate of drug-likeness (QED) is 0.0840. The van der Waals surface area contributed by atoms with Gasteiger partial charge in [0.25, 0.3) is 0 Å². The van der Waals surface area contributed by atoms with Crippen LogP contribution in [0.15, 0.2) is 79.3 Å². The van der Waals surface area contributed by atoms with Crippen LogP contribution in [-0.4, -0.2) is 70.0 Å². The Bertz CT molecular complexity index is 1210. The van der Waals surface area contributed by atoms with E-state index in [-0.39, 0.29) is 20.1 Å². The van der Waals surface area contributed by atoms with Gasteiger partial charge in [-0.15, -0.1) is 42.0 Å². The predicted molar refractivity (Wildman–Crippen MR) is 180 cm³/mol. The number of halogens is 6. The maximum atomic E-state index is 9.87.